The van der Waals surface area contributed by atoms with Crippen molar-refractivity contribution in [2.75, 3.05) is 6.61 Å². The molecule has 0 aliphatic heterocycles. The van der Waals surface area contributed by atoms with Crippen molar-refractivity contribution in [2.24, 2.45) is 5.73 Å². The van der Waals surface area contributed by atoms with Crippen LogP contribution in [-0.4, -0.2) is 12.5 Å². The molecule has 0 heterocycles. The predicted molar refractivity (Wildman–Crippen MR) is 92.1 cm³/mol. The summed E-state index contributed by atoms with van der Waals surface area (Å²) in [6.45, 7) is 3.28. The normalized spacial score (nSPS) is 11.7. The van der Waals surface area contributed by atoms with Crippen LogP contribution in [-0.2, 0) is 11.3 Å². The summed E-state index contributed by atoms with van der Waals surface area (Å²) in [5, 5.41) is 2.87. The summed E-state index contributed by atoms with van der Waals surface area (Å²) in [5.41, 5.74) is 7.78. The average Bonchev–Trinajstić information content (AvgIpc) is 2.60. The Balaban J connectivity index is 1.87. The van der Waals surface area contributed by atoms with Crippen LogP contribution in [0.25, 0.3) is 0 Å². The lowest BCUT2D eigenvalue weighted by Gasteiger charge is -2.13. The van der Waals surface area contributed by atoms with Gasteiger partial charge in [-0.05, 0) is 29.7 Å². The molecule has 0 aliphatic carbocycles. The molecule has 0 bridgehead atoms. The van der Waals surface area contributed by atoms with Crippen LogP contribution in [0.1, 0.15) is 36.9 Å². The van der Waals surface area contributed by atoms with Gasteiger partial charge in [0.05, 0.1) is 6.61 Å². The molecule has 0 spiro atoms. The van der Waals surface area contributed by atoms with Crippen LogP contribution in [0.3, 0.4) is 0 Å². The number of unbranched alkanes of at least 4 members (excludes halogenated alkanes) is 1. The van der Waals surface area contributed by atoms with Gasteiger partial charge in [0.1, 0.15) is 11.8 Å². The Bertz CT molecular complexity index is 614. The number of hydrogen-bond donors (Lipinski definition) is 2. The first-order chi connectivity index (χ1) is 11.2. The van der Waals surface area contributed by atoms with Gasteiger partial charge in [-0.25, -0.2) is 0 Å². The first-order valence-electron chi connectivity index (χ1n) is 8.00. The van der Waals surface area contributed by atoms with Crippen molar-refractivity contribution < 1.29 is 9.53 Å². The Morgan fingerprint density at radius 2 is 1.96 bits per heavy atom. The fourth-order valence-electron chi connectivity index (χ4n) is 2.19. The molecule has 0 saturated carbocycles. The lowest BCUT2D eigenvalue weighted by atomic mass is 10.1. The fraction of sp³-hybridized carbons (Fsp3) is 0.316. The van der Waals surface area contributed by atoms with E-state index in [0.717, 1.165) is 29.7 Å². The standard InChI is InChI=1S/C19H24N2O2/c1-2-3-12-23-17-11-7-8-15(13-17)14-21-19(22)18(20)16-9-5-4-6-10-16/h4-11,13,18H,2-3,12,14,20H2,1H3,(H,21,22). The molecule has 3 N–H and O–H groups in total. The number of ether oxygens (including phenoxy) is 1. The molecule has 0 saturated heterocycles. The smallest absolute Gasteiger partial charge is 0.241 e. The van der Waals surface area contributed by atoms with E-state index in [1.54, 1.807) is 0 Å². The minimum Gasteiger partial charge on any atom is -0.494 e. The average molecular weight is 312 g/mol. The van der Waals surface area contributed by atoms with Gasteiger partial charge in [0, 0.05) is 6.54 Å². The van der Waals surface area contributed by atoms with Crippen molar-refractivity contribution in [3.8, 4) is 5.75 Å². The van der Waals surface area contributed by atoms with Crippen LogP contribution < -0.4 is 15.8 Å². The molecule has 1 atom stereocenters. The van der Waals surface area contributed by atoms with E-state index >= 15 is 0 Å². The maximum absolute atomic E-state index is 12.1. The van der Waals surface area contributed by atoms with E-state index < -0.39 is 6.04 Å². The minimum atomic E-state index is -0.653. The molecule has 4 heteroatoms. The third-order valence-electron chi connectivity index (χ3n) is 3.57. The monoisotopic (exact) mass is 312 g/mol. The van der Waals surface area contributed by atoms with Crippen LogP contribution >= 0.6 is 0 Å². The van der Waals surface area contributed by atoms with Gasteiger partial charge < -0.3 is 15.8 Å². The maximum Gasteiger partial charge on any atom is 0.241 e. The number of amides is 1. The molecule has 4 nitrogen and oxygen atoms in total. The van der Waals surface area contributed by atoms with Gasteiger partial charge in [0.15, 0.2) is 0 Å². The molecule has 2 rings (SSSR count). The topological polar surface area (TPSA) is 64.3 Å². The van der Waals surface area contributed by atoms with Crippen LogP contribution in [0.4, 0.5) is 0 Å². The van der Waals surface area contributed by atoms with Crippen molar-refractivity contribution in [3.63, 3.8) is 0 Å². The zero-order valence-electron chi connectivity index (χ0n) is 13.5. The molecule has 0 radical (unpaired) electrons. The summed E-state index contributed by atoms with van der Waals surface area (Å²) < 4.78 is 5.67. The van der Waals surface area contributed by atoms with Gasteiger partial charge in [-0.15, -0.1) is 0 Å². The summed E-state index contributed by atoms with van der Waals surface area (Å²) in [5.74, 6) is 0.645. The van der Waals surface area contributed by atoms with Crippen molar-refractivity contribution in [1.82, 2.24) is 5.32 Å². The molecule has 0 fully saturated rings. The lowest BCUT2D eigenvalue weighted by molar-refractivity contribution is -0.122. The zero-order chi connectivity index (χ0) is 16.5. The Kier molecular flexibility index (Phi) is 6.63. The van der Waals surface area contributed by atoms with Crippen molar-refractivity contribution in [3.05, 3.63) is 65.7 Å². The summed E-state index contributed by atoms with van der Waals surface area (Å²) in [4.78, 5) is 12.1. The van der Waals surface area contributed by atoms with E-state index in [2.05, 4.69) is 12.2 Å². The summed E-state index contributed by atoms with van der Waals surface area (Å²) in [6.07, 6.45) is 2.14. The van der Waals surface area contributed by atoms with E-state index in [1.165, 1.54) is 0 Å². The number of carbonyl (C=O) groups is 1. The molecule has 2 aromatic rings. The van der Waals surface area contributed by atoms with Crippen molar-refractivity contribution in [1.29, 1.82) is 0 Å². The number of hydrogen-bond acceptors (Lipinski definition) is 3. The molecule has 1 amide bonds. The number of nitrogens with two attached hydrogens (primary N) is 1. The zero-order valence-corrected chi connectivity index (χ0v) is 13.5. The summed E-state index contributed by atoms with van der Waals surface area (Å²) in [6, 6.07) is 16.5. The molecule has 2 aromatic carbocycles. The van der Waals surface area contributed by atoms with Crippen LogP contribution in [0.5, 0.6) is 5.75 Å². The van der Waals surface area contributed by atoms with Crippen LogP contribution in [0, 0.1) is 0 Å². The first kappa shape index (κ1) is 17.0. The van der Waals surface area contributed by atoms with Crippen LogP contribution in [0.15, 0.2) is 54.6 Å². The van der Waals surface area contributed by atoms with Gasteiger partial charge >= 0.3 is 0 Å². The molecular weight excluding hydrogens is 288 g/mol. The highest BCUT2D eigenvalue weighted by atomic mass is 16.5. The second-order valence-electron chi connectivity index (χ2n) is 5.46. The van der Waals surface area contributed by atoms with Gasteiger partial charge in [-0.2, -0.15) is 0 Å². The SMILES string of the molecule is CCCCOc1cccc(CNC(=O)C(N)c2ccccc2)c1. The molecule has 122 valence electrons. The van der Waals surface area contributed by atoms with E-state index in [-0.39, 0.29) is 5.91 Å². The second kappa shape index (κ2) is 8.96. The highest BCUT2D eigenvalue weighted by Crippen LogP contribution is 2.14. The van der Waals surface area contributed by atoms with Gasteiger partial charge in [0.25, 0.3) is 0 Å². The maximum atomic E-state index is 12.1. The summed E-state index contributed by atoms with van der Waals surface area (Å²) in [7, 11) is 0. The Hall–Kier alpha value is -2.33. The highest BCUT2D eigenvalue weighted by molar-refractivity contribution is 5.82. The van der Waals surface area contributed by atoms with E-state index in [1.807, 2.05) is 54.6 Å². The third kappa shape index (κ3) is 5.42. The number of carbonyl (C=O) groups excluding carboxylic acids is 1. The number of benzene rings is 2. The Labute approximate surface area is 137 Å². The molecule has 0 aliphatic rings. The van der Waals surface area contributed by atoms with Crippen molar-refractivity contribution >= 4 is 5.91 Å². The van der Waals surface area contributed by atoms with Gasteiger partial charge in [-0.1, -0.05) is 55.8 Å². The molecular formula is C19H24N2O2. The van der Waals surface area contributed by atoms with Crippen LogP contribution in [0.2, 0.25) is 0 Å². The largest absolute Gasteiger partial charge is 0.494 e. The lowest BCUT2D eigenvalue weighted by Crippen LogP contribution is -2.33. The molecule has 0 aromatic heterocycles. The van der Waals surface area contributed by atoms with E-state index in [0.29, 0.717) is 13.2 Å². The third-order valence-corrected chi connectivity index (χ3v) is 3.57. The number of rotatable bonds is 8. The Morgan fingerprint density at radius 1 is 1.17 bits per heavy atom. The summed E-state index contributed by atoms with van der Waals surface area (Å²) >= 11 is 0. The van der Waals surface area contributed by atoms with E-state index in [9.17, 15) is 4.79 Å². The fourth-order valence-corrected chi connectivity index (χ4v) is 2.19. The molecule has 23 heavy (non-hydrogen) atoms. The second-order valence-corrected chi connectivity index (χ2v) is 5.46. The number of nitrogens with one attached hydrogen (secondary N) is 1. The molecule has 1 unspecified atom stereocenters. The van der Waals surface area contributed by atoms with Crippen molar-refractivity contribution in [2.45, 2.75) is 32.4 Å². The quantitative estimate of drug-likeness (QED) is 0.736. The van der Waals surface area contributed by atoms with E-state index in [4.69, 9.17) is 10.5 Å². The highest BCUT2D eigenvalue weighted by Gasteiger charge is 2.14. The van der Waals surface area contributed by atoms with Gasteiger partial charge in [0.2, 0.25) is 5.91 Å². The first-order valence-corrected chi connectivity index (χ1v) is 8.00. The predicted octanol–water partition coefficient (Wildman–Crippen LogP) is 3.18. The Morgan fingerprint density at radius 3 is 2.70 bits per heavy atom. The van der Waals surface area contributed by atoms with Gasteiger partial charge in [-0.3, -0.25) is 4.79 Å². The minimum absolute atomic E-state index is 0.187.